The molecule has 0 unspecified atom stereocenters. The third kappa shape index (κ3) is 4.33. The molecule has 0 heterocycles. The summed E-state index contributed by atoms with van der Waals surface area (Å²) in [6.07, 6.45) is 2.26. The van der Waals surface area contributed by atoms with Crippen LogP contribution >= 0.6 is 0 Å². The van der Waals surface area contributed by atoms with E-state index in [-0.39, 0.29) is 18.6 Å². The Morgan fingerprint density at radius 3 is 2.50 bits per heavy atom. The normalized spacial score (nSPS) is 14.7. The zero-order valence-corrected chi connectivity index (χ0v) is 10.2. The Morgan fingerprint density at radius 2 is 1.94 bits per heavy atom. The molecular weight excluding hydrogens is 200 g/mol. The van der Waals surface area contributed by atoms with E-state index in [0.717, 1.165) is 12.8 Å². The zero-order chi connectivity index (χ0) is 11.8. The maximum atomic E-state index is 9.15. The van der Waals surface area contributed by atoms with Gasteiger partial charge in [-0.05, 0) is 12.0 Å². The minimum atomic E-state index is 0.162. The van der Waals surface area contributed by atoms with Crippen molar-refractivity contribution in [2.75, 3.05) is 6.61 Å². The van der Waals surface area contributed by atoms with Crippen molar-refractivity contribution >= 4 is 0 Å². The van der Waals surface area contributed by atoms with Crippen LogP contribution in [0.3, 0.4) is 0 Å². The molecule has 2 heteroatoms. The van der Waals surface area contributed by atoms with Gasteiger partial charge in [-0.25, -0.2) is 0 Å². The van der Waals surface area contributed by atoms with Crippen LogP contribution in [0.4, 0.5) is 0 Å². The molecular formula is C14H22O2. The lowest BCUT2D eigenvalue weighted by molar-refractivity contribution is -0.0155. The predicted molar refractivity (Wildman–Crippen MR) is 66.2 cm³/mol. The van der Waals surface area contributed by atoms with E-state index in [0.29, 0.717) is 6.61 Å². The molecule has 0 saturated heterocycles. The van der Waals surface area contributed by atoms with Gasteiger partial charge in [0, 0.05) is 12.5 Å². The molecule has 2 atom stereocenters. The first kappa shape index (κ1) is 13.2. The Labute approximate surface area is 98.3 Å². The number of aliphatic hydroxyl groups is 1. The van der Waals surface area contributed by atoms with E-state index in [1.807, 2.05) is 25.1 Å². The van der Waals surface area contributed by atoms with Gasteiger partial charge in [0.1, 0.15) is 0 Å². The lowest BCUT2D eigenvalue weighted by Gasteiger charge is -2.22. The smallest absolute Gasteiger partial charge is 0.0720 e. The van der Waals surface area contributed by atoms with Crippen LogP contribution in [0.25, 0.3) is 0 Å². The summed E-state index contributed by atoms with van der Waals surface area (Å²) in [6, 6.07) is 10.2. The average molecular weight is 222 g/mol. The fourth-order valence-electron chi connectivity index (χ4n) is 1.71. The molecule has 0 aromatic heterocycles. The molecule has 0 aliphatic carbocycles. The third-order valence-electron chi connectivity index (χ3n) is 2.80. The van der Waals surface area contributed by atoms with Crippen molar-refractivity contribution in [3.8, 4) is 0 Å². The van der Waals surface area contributed by atoms with Gasteiger partial charge in [0.15, 0.2) is 0 Å². The Bertz CT molecular complexity index is 271. The maximum Gasteiger partial charge on any atom is 0.0720 e. The van der Waals surface area contributed by atoms with Crippen LogP contribution in [0.1, 0.15) is 32.3 Å². The SMILES string of the molecule is CCC[C@H](OCc1ccccc1)[C@H](C)CO. The van der Waals surface area contributed by atoms with Gasteiger partial charge in [-0.3, -0.25) is 0 Å². The fourth-order valence-corrected chi connectivity index (χ4v) is 1.71. The number of aliphatic hydroxyl groups excluding tert-OH is 1. The van der Waals surface area contributed by atoms with Gasteiger partial charge < -0.3 is 9.84 Å². The highest BCUT2D eigenvalue weighted by Gasteiger charge is 2.16. The van der Waals surface area contributed by atoms with Crippen LogP contribution in [0, 0.1) is 5.92 Å². The lowest BCUT2D eigenvalue weighted by Crippen LogP contribution is -2.24. The second kappa shape index (κ2) is 7.42. The van der Waals surface area contributed by atoms with E-state index in [4.69, 9.17) is 9.84 Å². The number of benzene rings is 1. The first-order valence-corrected chi connectivity index (χ1v) is 6.04. The minimum absolute atomic E-state index is 0.162. The quantitative estimate of drug-likeness (QED) is 0.768. The van der Waals surface area contributed by atoms with Gasteiger partial charge in [0.05, 0.1) is 12.7 Å². The van der Waals surface area contributed by atoms with Crippen LogP contribution in [0.15, 0.2) is 30.3 Å². The van der Waals surface area contributed by atoms with Crippen molar-refractivity contribution in [1.82, 2.24) is 0 Å². The molecule has 16 heavy (non-hydrogen) atoms. The summed E-state index contributed by atoms with van der Waals surface area (Å²) in [4.78, 5) is 0. The molecule has 90 valence electrons. The zero-order valence-electron chi connectivity index (χ0n) is 10.2. The average Bonchev–Trinajstić information content (AvgIpc) is 2.34. The Hall–Kier alpha value is -0.860. The number of hydrogen-bond acceptors (Lipinski definition) is 2. The van der Waals surface area contributed by atoms with E-state index in [1.54, 1.807) is 0 Å². The van der Waals surface area contributed by atoms with Gasteiger partial charge >= 0.3 is 0 Å². The fraction of sp³-hybridized carbons (Fsp3) is 0.571. The summed E-state index contributed by atoms with van der Waals surface area (Å²) in [6.45, 7) is 5.00. The second-order valence-electron chi connectivity index (χ2n) is 4.28. The molecule has 1 aromatic carbocycles. The van der Waals surface area contributed by atoms with E-state index in [1.165, 1.54) is 5.56 Å². The molecule has 0 amide bonds. The van der Waals surface area contributed by atoms with Crippen molar-refractivity contribution in [3.63, 3.8) is 0 Å². The van der Waals surface area contributed by atoms with Gasteiger partial charge in [-0.15, -0.1) is 0 Å². The van der Waals surface area contributed by atoms with Crippen LogP contribution in [0.5, 0.6) is 0 Å². The Balaban J connectivity index is 2.43. The second-order valence-corrected chi connectivity index (χ2v) is 4.28. The summed E-state index contributed by atoms with van der Waals surface area (Å²) in [5.74, 6) is 0.212. The molecule has 0 bridgehead atoms. The van der Waals surface area contributed by atoms with E-state index < -0.39 is 0 Å². The van der Waals surface area contributed by atoms with E-state index in [9.17, 15) is 0 Å². The van der Waals surface area contributed by atoms with Gasteiger partial charge in [0.25, 0.3) is 0 Å². The Kier molecular flexibility index (Phi) is 6.12. The predicted octanol–water partition coefficient (Wildman–Crippen LogP) is 3.00. The van der Waals surface area contributed by atoms with Crippen LogP contribution in [0.2, 0.25) is 0 Å². The lowest BCUT2D eigenvalue weighted by atomic mass is 10.0. The van der Waals surface area contributed by atoms with Gasteiger partial charge in [-0.2, -0.15) is 0 Å². The third-order valence-corrected chi connectivity index (χ3v) is 2.80. The Morgan fingerprint density at radius 1 is 1.25 bits per heavy atom. The van der Waals surface area contributed by atoms with E-state index >= 15 is 0 Å². The monoisotopic (exact) mass is 222 g/mol. The number of hydrogen-bond donors (Lipinski definition) is 1. The summed E-state index contributed by atoms with van der Waals surface area (Å²) in [5.41, 5.74) is 1.19. The summed E-state index contributed by atoms with van der Waals surface area (Å²) < 4.78 is 5.86. The van der Waals surface area contributed by atoms with Crippen molar-refractivity contribution in [2.45, 2.75) is 39.4 Å². The van der Waals surface area contributed by atoms with Crippen LogP contribution in [-0.2, 0) is 11.3 Å². The first-order chi connectivity index (χ1) is 7.77. The standard InChI is InChI=1S/C14H22O2/c1-3-7-14(12(2)10-15)16-11-13-8-5-4-6-9-13/h4-6,8-9,12,14-15H,3,7,10-11H2,1-2H3/t12-,14+/m1/s1. The van der Waals surface area contributed by atoms with Crippen molar-refractivity contribution in [2.24, 2.45) is 5.92 Å². The van der Waals surface area contributed by atoms with Crippen molar-refractivity contribution in [3.05, 3.63) is 35.9 Å². The summed E-state index contributed by atoms with van der Waals surface area (Å²) >= 11 is 0. The highest BCUT2D eigenvalue weighted by atomic mass is 16.5. The molecule has 1 N–H and O–H groups in total. The molecule has 1 rings (SSSR count). The largest absolute Gasteiger partial charge is 0.396 e. The number of rotatable bonds is 7. The molecule has 0 saturated carbocycles. The highest BCUT2D eigenvalue weighted by Crippen LogP contribution is 2.15. The van der Waals surface area contributed by atoms with E-state index in [2.05, 4.69) is 19.1 Å². The molecule has 0 spiro atoms. The first-order valence-electron chi connectivity index (χ1n) is 6.04. The molecule has 0 fully saturated rings. The van der Waals surface area contributed by atoms with Crippen molar-refractivity contribution < 1.29 is 9.84 Å². The molecule has 0 aliphatic heterocycles. The highest BCUT2D eigenvalue weighted by molar-refractivity contribution is 5.13. The maximum absolute atomic E-state index is 9.15. The molecule has 0 aliphatic rings. The molecule has 2 nitrogen and oxygen atoms in total. The number of ether oxygens (including phenoxy) is 1. The topological polar surface area (TPSA) is 29.5 Å². The van der Waals surface area contributed by atoms with Crippen LogP contribution < -0.4 is 0 Å². The van der Waals surface area contributed by atoms with Gasteiger partial charge in [0.2, 0.25) is 0 Å². The van der Waals surface area contributed by atoms with Crippen molar-refractivity contribution in [1.29, 1.82) is 0 Å². The van der Waals surface area contributed by atoms with Gasteiger partial charge in [-0.1, -0.05) is 50.6 Å². The minimum Gasteiger partial charge on any atom is -0.396 e. The van der Waals surface area contributed by atoms with Crippen LogP contribution in [-0.4, -0.2) is 17.8 Å². The molecule has 0 radical (unpaired) electrons. The summed E-state index contributed by atoms with van der Waals surface area (Å²) in [5, 5.41) is 9.15. The molecule has 1 aromatic rings. The summed E-state index contributed by atoms with van der Waals surface area (Å²) in [7, 11) is 0.